The predicted octanol–water partition coefficient (Wildman–Crippen LogP) is 1.44. The minimum atomic E-state index is 0.221. The van der Waals surface area contributed by atoms with Crippen molar-refractivity contribution < 1.29 is 4.74 Å². The minimum Gasteiger partial charge on any atom is -0.372 e. The van der Waals surface area contributed by atoms with Crippen molar-refractivity contribution in [2.75, 3.05) is 20.2 Å². The molecule has 2 atom stereocenters. The Bertz CT molecular complexity index is 250. The van der Waals surface area contributed by atoms with Crippen molar-refractivity contribution in [2.24, 2.45) is 5.92 Å². The predicted molar refractivity (Wildman–Crippen MR) is 52.8 cm³/mol. The maximum atomic E-state index is 5.67. The molecule has 2 heterocycles. The van der Waals surface area contributed by atoms with Crippen molar-refractivity contribution in [3.63, 3.8) is 0 Å². The lowest BCUT2D eigenvalue weighted by Gasteiger charge is -2.15. The van der Waals surface area contributed by atoms with E-state index in [0.717, 1.165) is 25.3 Å². The zero-order valence-electron chi connectivity index (χ0n) is 7.69. The van der Waals surface area contributed by atoms with Gasteiger partial charge in [-0.15, -0.1) is 11.3 Å². The van der Waals surface area contributed by atoms with Crippen molar-refractivity contribution in [1.29, 1.82) is 0 Å². The molecular weight excluding hydrogens is 184 g/mol. The molecule has 72 valence electrons. The van der Waals surface area contributed by atoms with E-state index in [1.165, 1.54) is 0 Å². The van der Waals surface area contributed by atoms with E-state index in [2.05, 4.69) is 15.7 Å². The van der Waals surface area contributed by atoms with E-state index in [1.807, 2.05) is 12.6 Å². The molecule has 1 aliphatic heterocycles. The van der Waals surface area contributed by atoms with Gasteiger partial charge < -0.3 is 10.1 Å². The van der Waals surface area contributed by atoms with Gasteiger partial charge in [-0.2, -0.15) is 0 Å². The number of nitrogens with zero attached hydrogens (tertiary/aromatic N) is 1. The molecule has 4 heteroatoms. The Morgan fingerprint density at radius 3 is 3.38 bits per heavy atom. The van der Waals surface area contributed by atoms with Crippen LogP contribution in [0.2, 0.25) is 0 Å². The molecule has 1 aromatic rings. The van der Waals surface area contributed by atoms with Gasteiger partial charge in [-0.05, 0) is 13.5 Å². The van der Waals surface area contributed by atoms with Gasteiger partial charge in [-0.1, -0.05) is 0 Å². The van der Waals surface area contributed by atoms with Gasteiger partial charge in [0.1, 0.15) is 6.10 Å². The van der Waals surface area contributed by atoms with E-state index in [1.54, 1.807) is 11.3 Å². The molecule has 2 rings (SSSR count). The molecule has 1 fully saturated rings. The highest BCUT2D eigenvalue weighted by atomic mass is 32.1. The van der Waals surface area contributed by atoms with Gasteiger partial charge in [0, 0.05) is 24.4 Å². The van der Waals surface area contributed by atoms with Crippen molar-refractivity contribution in [1.82, 2.24) is 10.3 Å². The molecule has 0 aromatic carbocycles. The lowest BCUT2D eigenvalue weighted by atomic mass is 10.00. The van der Waals surface area contributed by atoms with Crippen molar-refractivity contribution in [3.05, 3.63) is 16.6 Å². The number of thiazole rings is 1. The van der Waals surface area contributed by atoms with Gasteiger partial charge >= 0.3 is 0 Å². The average molecular weight is 198 g/mol. The normalized spacial score (nSPS) is 28.1. The summed E-state index contributed by atoms with van der Waals surface area (Å²) >= 11 is 1.64. The molecule has 3 nitrogen and oxygen atoms in total. The van der Waals surface area contributed by atoms with E-state index in [-0.39, 0.29) is 6.10 Å². The maximum absolute atomic E-state index is 5.67. The summed E-state index contributed by atoms with van der Waals surface area (Å²) in [5.74, 6) is 0.590. The van der Waals surface area contributed by atoms with Crippen molar-refractivity contribution in [2.45, 2.75) is 12.5 Å². The minimum absolute atomic E-state index is 0.221. The fraction of sp³-hybridized carbons (Fsp3) is 0.667. The SMILES string of the molecule is CNCC1CCOC1c1cscn1. The molecule has 0 saturated carbocycles. The molecule has 13 heavy (non-hydrogen) atoms. The first-order valence-electron chi connectivity index (χ1n) is 4.56. The van der Waals surface area contributed by atoms with Crippen LogP contribution in [0.5, 0.6) is 0 Å². The van der Waals surface area contributed by atoms with Crippen LogP contribution in [0.25, 0.3) is 0 Å². The van der Waals surface area contributed by atoms with Crippen LogP contribution in [0.1, 0.15) is 18.2 Å². The number of ether oxygens (including phenoxy) is 1. The topological polar surface area (TPSA) is 34.1 Å². The number of hydrogen-bond donors (Lipinski definition) is 1. The summed E-state index contributed by atoms with van der Waals surface area (Å²) in [5, 5.41) is 5.28. The number of hydrogen-bond acceptors (Lipinski definition) is 4. The van der Waals surface area contributed by atoms with Gasteiger partial charge in [0.05, 0.1) is 11.2 Å². The Hall–Kier alpha value is -0.450. The average Bonchev–Trinajstić information content (AvgIpc) is 2.71. The molecule has 1 saturated heterocycles. The lowest BCUT2D eigenvalue weighted by molar-refractivity contribution is 0.0880. The number of rotatable bonds is 3. The molecule has 1 aliphatic rings. The third kappa shape index (κ3) is 1.90. The second-order valence-corrected chi connectivity index (χ2v) is 4.03. The summed E-state index contributed by atoms with van der Waals surface area (Å²) in [6.07, 6.45) is 1.36. The quantitative estimate of drug-likeness (QED) is 0.798. The first-order valence-corrected chi connectivity index (χ1v) is 5.50. The molecule has 0 amide bonds. The molecule has 0 aliphatic carbocycles. The van der Waals surface area contributed by atoms with Crippen LogP contribution in [0, 0.1) is 5.92 Å². The van der Waals surface area contributed by atoms with E-state index in [4.69, 9.17) is 4.74 Å². The van der Waals surface area contributed by atoms with E-state index in [9.17, 15) is 0 Å². The molecular formula is C9H14N2OS. The van der Waals surface area contributed by atoms with E-state index < -0.39 is 0 Å². The fourth-order valence-corrected chi connectivity index (χ4v) is 2.37. The van der Waals surface area contributed by atoms with Gasteiger partial charge in [0.15, 0.2) is 0 Å². The monoisotopic (exact) mass is 198 g/mol. The summed E-state index contributed by atoms with van der Waals surface area (Å²) in [5.41, 5.74) is 2.97. The Balaban J connectivity index is 2.05. The summed E-state index contributed by atoms with van der Waals surface area (Å²) in [6.45, 7) is 1.89. The Labute approximate surface area is 82.1 Å². The molecule has 0 bridgehead atoms. The zero-order chi connectivity index (χ0) is 9.10. The third-order valence-electron chi connectivity index (χ3n) is 2.42. The van der Waals surface area contributed by atoms with Crippen molar-refractivity contribution in [3.8, 4) is 0 Å². The van der Waals surface area contributed by atoms with Gasteiger partial charge in [0.25, 0.3) is 0 Å². The van der Waals surface area contributed by atoms with E-state index in [0.29, 0.717) is 5.92 Å². The zero-order valence-corrected chi connectivity index (χ0v) is 8.51. The number of aromatic nitrogens is 1. The van der Waals surface area contributed by atoms with Crippen LogP contribution in [-0.2, 0) is 4.74 Å². The Morgan fingerprint density at radius 2 is 2.69 bits per heavy atom. The highest BCUT2D eigenvalue weighted by molar-refractivity contribution is 7.07. The van der Waals surface area contributed by atoms with Gasteiger partial charge in [-0.25, -0.2) is 4.98 Å². The highest BCUT2D eigenvalue weighted by Gasteiger charge is 2.30. The Kier molecular flexibility index (Phi) is 2.93. The highest BCUT2D eigenvalue weighted by Crippen LogP contribution is 2.33. The van der Waals surface area contributed by atoms with Crippen LogP contribution < -0.4 is 5.32 Å². The first-order chi connectivity index (χ1) is 6.42. The summed E-state index contributed by atoms with van der Waals surface area (Å²) < 4.78 is 5.67. The Morgan fingerprint density at radius 1 is 1.77 bits per heavy atom. The van der Waals surface area contributed by atoms with Crippen LogP contribution in [0.4, 0.5) is 0 Å². The second kappa shape index (κ2) is 4.17. The smallest absolute Gasteiger partial charge is 0.104 e. The standard InChI is InChI=1S/C9H14N2OS/c1-10-4-7-2-3-12-9(7)8-5-13-6-11-8/h5-7,9-10H,2-4H2,1H3. The number of nitrogens with one attached hydrogen (secondary N) is 1. The molecule has 1 N–H and O–H groups in total. The molecule has 1 aromatic heterocycles. The lowest BCUT2D eigenvalue weighted by Crippen LogP contribution is -2.21. The first kappa shape index (κ1) is 9.12. The van der Waals surface area contributed by atoms with Gasteiger partial charge in [-0.3, -0.25) is 0 Å². The summed E-state index contributed by atoms with van der Waals surface area (Å²) in [4.78, 5) is 4.30. The van der Waals surface area contributed by atoms with Crippen LogP contribution in [0.15, 0.2) is 10.9 Å². The third-order valence-corrected chi connectivity index (χ3v) is 3.03. The van der Waals surface area contributed by atoms with Gasteiger partial charge in [0.2, 0.25) is 0 Å². The summed E-state index contributed by atoms with van der Waals surface area (Å²) in [6, 6.07) is 0. The van der Waals surface area contributed by atoms with Crippen molar-refractivity contribution >= 4 is 11.3 Å². The largest absolute Gasteiger partial charge is 0.372 e. The van der Waals surface area contributed by atoms with Crippen LogP contribution >= 0.6 is 11.3 Å². The molecule has 0 radical (unpaired) electrons. The van der Waals surface area contributed by atoms with E-state index >= 15 is 0 Å². The molecule has 0 spiro atoms. The van der Waals surface area contributed by atoms with Crippen LogP contribution in [-0.4, -0.2) is 25.2 Å². The maximum Gasteiger partial charge on any atom is 0.104 e. The molecule has 2 unspecified atom stereocenters. The fourth-order valence-electron chi connectivity index (χ4n) is 1.79. The van der Waals surface area contributed by atoms with Crippen LogP contribution in [0.3, 0.4) is 0 Å². The second-order valence-electron chi connectivity index (χ2n) is 3.31. The summed E-state index contributed by atoms with van der Waals surface area (Å²) in [7, 11) is 1.98.